The van der Waals surface area contributed by atoms with Gasteiger partial charge in [0.25, 0.3) is 0 Å². The first kappa shape index (κ1) is 15.7. The maximum atomic E-state index is 5.36. The Kier molecular flexibility index (Phi) is 7.14. The van der Waals surface area contributed by atoms with Crippen molar-refractivity contribution in [2.24, 2.45) is 0 Å². The van der Waals surface area contributed by atoms with Gasteiger partial charge in [-0.05, 0) is 13.3 Å². The Bertz CT molecular complexity index is 374. The van der Waals surface area contributed by atoms with E-state index >= 15 is 0 Å². The molecule has 0 aromatic carbocycles. The van der Waals surface area contributed by atoms with Crippen LogP contribution in [-0.2, 0) is 16.1 Å². The Hall–Kier alpha value is -1.40. The zero-order chi connectivity index (χ0) is 14.1. The molecule has 0 unspecified atom stereocenters. The first-order valence-electron chi connectivity index (χ1n) is 6.54. The van der Waals surface area contributed by atoms with Crippen LogP contribution >= 0.6 is 0 Å². The van der Waals surface area contributed by atoms with E-state index in [-0.39, 0.29) is 0 Å². The Balaban J connectivity index is 2.74. The van der Waals surface area contributed by atoms with Crippen LogP contribution in [-0.4, -0.2) is 50.9 Å². The predicted octanol–water partition coefficient (Wildman–Crippen LogP) is 1.53. The molecular formula is C13H24N4O2. The fourth-order valence-corrected chi connectivity index (χ4v) is 1.63. The van der Waals surface area contributed by atoms with Gasteiger partial charge in [-0.15, -0.1) is 0 Å². The maximum absolute atomic E-state index is 5.36. The highest BCUT2D eigenvalue weighted by Crippen LogP contribution is 2.15. The number of nitrogens with zero attached hydrogens (tertiary/aromatic N) is 3. The Morgan fingerprint density at radius 2 is 2.16 bits per heavy atom. The molecule has 0 aliphatic carbocycles. The molecule has 0 saturated heterocycles. The van der Waals surface area contributed by atoms with Crippen molar-refractivity contribution in [3.63, 3.8) is 0 Å². The summed E-state index contributed by atoms with van der Waals surface area (Å²) in [5, 5.41) is 3.05. The second kappa shape index (κ2) is 8.66. The van der Waals surface area contributed by atoms with Gasteiger partial charge in [-0.2, -0.15) is 0 Å². The van der Waals surface area contributed by atoms with Gasteiger partial charge in [0.1, 0.15) is 18.2 Å². The Labute approximate surface area is 115 Å². The van der Waals surface area contributed by atoms with Crippen LogP contribution in [0.25, 0.3) is 0 Å². The molecule has 0 aliphatic rings. The van der Waals surface area contributed by atoms with Crippen molar-refractivity contribution in [1.29, 1.82) is 0 Å². The molecule has 0 amide bonds. The van der Waals surface area contributed by atoms with E-state index in [1.54, 1.807) is 7.11 Å². The summed E-state index contributed by atoms with van der Waals surface area (Å²) in [6.45, 7) is 4.69. The number of ether oxygens (including phenoxy) is 2. The van der Waals surface area contributed by atoms with E-state index < -0.39 is 0 Å². The van der Waals surface area contributed by atoms with Crippen LogP contribution in [0.4, 0.5) is 11.6 Å². The van der Waals surface area contributed by atoms with Crippen LogP contribution in [0.15, 0.2) is 6.07 Å². The van der Waals surface area contributed by atoms with E-state index in [0.29, 0.717) is 19.0 Å². The molecular weight excluding hydrogens is 244 g/mol. The summed E-state index contributed by atoms with van der Waals surface area (Å²) in [7, 11) is 5.58. The number of aromatic nitrogens is 2. The minimum atomic E-state index is 0.435. The summed E-state index contributed by atoms with van der Waals surface area (Å²) < 4.78 is 10.4. The standard InChI is InChI=1S/C13H24N4O2/c1-5-19-10-12-15-11(14-2)9-13(16-12)17(3)7-6-8-18-4/h9H,5-8,10H2,1-4H3,(H,14,15,16). The maximum Gasteiger partial charge on any atom is 0.158 e. The van der Waals surface area contributed by atoms with Gasteiger partial charge in [-0.1, -0.05) is 0 Å². The molecule has 0 radical (unpaired) electrons. The van der Waals surface area contributed by atoms with Crippen molar-refractivity contribution < 1.29 is 9.47 Å². The van der Waals surface area contributed by atoms with Crippen LogP contribution in [0.2, 0.25) is 0 Å². The normalized spacial score (nSPS) is 10.5. The molecule has 1 heterocycles. The third-order valence-electron chi connectivity index (χ3n) is 2.68. The zero-order valence-electron chi connectivity index (χ0n) is 12.3. The number of nitrogens with one attached hydrogen (secondary N) is 1. The van der Waals surface area contributed by atoms with Crippen LogP contribution in [0, 0.1) is 0 Å². The van der Waals surface area contributed by atoms with Gasteiger partial charge in [0, 0.05) is 47.0 Å². The third-order valence-corrected chi connectivity index (χ3v) is 2.68. The molecule has 6 nitrogen and oxygen atoms in total. The molecule has 0 aliphatic heterocycles. The molecule has 0 bridgehead atoms. The third kappa shape index (κ3) is 5.40. The number of hydrogen-bond acceptors (Lipinski definition) is 6. The van der Waals surface area contributed by atoms with Gasteiger partial charge < -0.3 is 19.7 Å². The molecule has 1 N–H and O–H groups in total. The van der Waals surface area contributed by atoms with Crippen LogP contribution in [0.1, 0.15) is 19.2 Å². The fourth-order valence-electron chi connectivity index (χ4n) is 1.63. The van der Waals surface area contributed by atoms with E-state index in [1.165, 1.54) is 0 Å². The van der Waals surface area contributed by atoms with Gasteiger partial charge in [0.15, 0.2) is 5.82 Å². The first-order valence-corrected chi connectivity index (χ1v) is 6.54. The summed E-state index contributed by atoms with van der Waals surface area (Å²) in [6, 6.07) is 1.93. The summed E-state index contributed by atoms with van der Waals surface area (Å²) >= 11 is 0. The number of methoxy groups -OCH3 is 1. The van der Waals surface area contributed by atoms with Crippen molar-refractivity contribution in [2.75, 3.05) is 51.2 Å². The van der Waals surface area contributed by atoms with Crippen LogP contribution in [0.5, 0.6) is 0 Å². The molecule has 0 spiro atoms. The monoisotopic (exact) mass is 268 g/mol. The number of rotatable bonds is 9. The van der Waals surface area contributed by atoms with Crippen molar-refractivity contribution in [3.05, 3.63) is 11.9 Å². The second-order valence-corrected chi connectivity index (χ2v) is 4.18. The molecule has 1 aromatic heterocycles. The SMILES string of the molecule is CCOCc1nc(NC)cc(N(C)CCCOC)n1. The minimum absolute atomic E-state index is 0.435. The van der Waals surface area contributed by atoms with Gasteiger partial charge in [-0.25, -0.2) is 9.97 Å². The van der Waals surface area contributed by atoms with E-state index in [9.17, 15) is 0 Å². The van der Waals surface area contributed by atoms with E-state index in [1.807, 2.05) is 27.1 Å². The van der Waals surface area contributed by atoms with E-state index in [2.05, 4.69) is 20.2 Å². The topological polar surface area (TPSA) is 59.5 Å². The quantitative estimate of drug-likeness (QED) is 0.685. The highest BCUT2D eigenvalue weighted by atomic mass is 16.5. The predicted molar refractivity (Wildman–Crippen MR) is 76.7 cm³/mol. The zero-order valence-corrected chi connectivity index (χ0v) is 12.3. The van der Waals surface area contributed by atoms with Crippen molar-refractivity contribution >= 4 is 11.6 Å². The van der Waals surface area contributed by atoms with Gasteiger partial charge in [0.05, 0.1) is 0 Å². The van der Waals surface area contributed by atoms with Crippen molar-refractivity contribution in [3.8, 4) is 0 Å². The van der Waals surface area contributed by atoms with E-state index in [4.69, 9.17) is 9.47 Å². The van der Waals surface area contributed by atoms with Crippen LogP contribution < -0.4 is 10.2 Å². The smallest absolute Gasteiger partial charge is 0.158 e. The largest absolute Gasteiger partial charge is 0.385 e. The molecule has 19 heavy (non-hydrogen) atoms. The van der Waals surface area contributed by atoms with Crippen LogP contribution in [0.3, 0.4) is 0 Å². The van der Waals surface area contributed by atoms with Gasteiger partial charge >= 0.3 is 0 Å². The highest BCUT2D eigenvalue weighted by Gasteiger charge is 2.08. The lowest BCUT2D eigenvalue weighted by atomic mass is 10.4. The lowest BCUT2D eigenvalue weighted by molar-refractivity contribution is 0.128. The van der Waals surface area contributed by atoms with Gasteiger partial charge in [0.2, 0.25) is 0 Å². The molecule has 108 valence electrons. The lowest BCUT2D eigenvalue weighted by Crippen LogP contribution is -2.22. The Morgan fingerprint density at radius 1 is 1.37 bits per heavy atom. The first-order chi connectivity index (χ1) is 9.21. The van der Waals surface area contributed by atoms with Crippen molar-refractivity contribution in [2.45, 2.75) is 20.0 Å². The van der Waals surface area contributed by atoms with Gasteiger partial charge in [-0.3, -0.25) is 0 Å². The summed E-state index contributed by atoms with van der Waals surface area (Å²) in [6.07, 6.45) is 0.965. The average molecular weight is 268 g/mol. The molecule has 0 saturated carbocycles. The average Bonchev–Trinajstić information content (AvgIpc) is 2.44. The number of hydrogen-bond donors (Lipinski definition) is 1. The molecule has 0 fully saturated rings. The molecule has 1 aromatic rings. The highest BCUT2D eigenvalue weighted by molar-refractivity contribution is 5.48. The Morgan fingerprint density at radius 3 is 2.79 bits per heavy atom. The van der Waals surface area contributed by atoms with Crippen molar-refractivity contribution in [1.82, 2.24) is 9.97 Å². The summed E-state index contributed by atoms with van der Waals surface area (Å²) in [5.41, 5.74) is 0. The summed E-state index contributed by atoms with van der Waals surface area (Å²) in [5.74, 6) is 2.39. The number of anilines is 2. The van der Waals surface area contributed by atoms with E-state index in [0.717, 1.165) is 31.2 Å². The lowest BCUT2D eigenvalue weighted by Gasteiger charge is -2.19. The molecule has 0 atom stereocenters. The second-order valence-electron chi connectivity index (χ2n) is 4.18. The molecule has 6 heteroatoms. The summed E-state index contributed by atoms with van der Waals surface area (Å²) in [4.78, 5) is 11.0. The fraction of sp³-hybridized carbons (Fsp3) is 0.692. The minimum Gasteiger partial charge on any atom is -0.385 e. The molecule has 1 rings (SSSR count).